The maximum Gasteiger partial charge on any atom is 0.0995 e. The number of benzene rings is 2. The second-order valence-corrected chi connectivity index (χ2v) is 5.36. The lowest BCUT2D eigenvalue weighted by Crippen LogP contribution is -2.25. The minimum atomic E-state index is -0.115. The van der Waals surface area contributed by atoms with Gasteiger partial charge < -0.3 is 10.6 Å². The first-order valence-electron chi connectivity index (χ1n) is 7.78. The molecule has 0 saturated heterocycles. The average molecular weight is 293 g/mol. The second kappa shape index (κ2) is 7.63. The molecule has 0 aromatic heterocycles. The first-order chi connectivity index (χ1) is 10.7. The van der Waals surface area contributed by atoms with Gasteiger partial charge in [-0.3, -0.25) is 0 Å². The predicted octanol–water partition coefficient (Wildman–Crippen LogP) is 3.99. The van der Waals surface area contributed by atoms with Crippen LogP contribution in [0.5, 0.6) is 0 Å². The smallest absolute Gasteiger partial charge is 0.0995 e. The van der Waals surface area contributed by atoms with Crippen molar-refractivity contribution in [1.29, 1.82) is 5.26 Å². The van der Waals surface area contributed by atoms with Crippen molar-refractivity contribution >= 4 is 5.69 Å². The first kappa shape index (κ1) is 16.1. The zero-order valence-corrected chi connectivity index (χ0v) is 13.3. The van der Waals surface area contributed by atoms with Crippen LogP contribution in [0.2, 0.25) is 0 Å². The van der Waals surface area contributed by atoms with Crippen LogP contribution in [0.15, 0.2) is 48.5 Å². The molecule has 0 aliphatic heterocycles. The van der Waals surface area contributed by atoms with Gasteiger partial charge in [0.15, 0.2) is 0 Å². The van der Waals surface area contributed by atoms with Gasteiger partial charge >= 0.3 is 0 Å². The molecule has 0 amide bonds. The van der Waals surface area contributed by atoms with Crippen LogP contribution in [0.4, 0.5) is 5.69 Å². The van der Waals surface area contributed by atoms with E-state index in [9.17, 15) is 5.26 Å². The summed E-state index contributed by atoms with van der Waals surface area (Å²) < 4.78 is 0. The van der Waals surface area contributed by atoms with E-state index >= 15 is 0 Å². The van der Waals surface area contributed by atoms with E-state index in [2.05, 4.69) is 43.0 Å². The van der Waals surface area contributed by atoms with E-state index in [0.717, 1.165) is 30.8 Å². The van der Waals surface area contributed by atoms with Crippen LogP contribution in [-0.4, -0.2) is 6.54 Å². The molecule has 3 nitrogen and oxygen atoms in total. The van der Waals surface area contributed by atoms with Gasteiger partial charge in [-0.1, -0.05) is 43.3 Å². The van der Waals surface area contributed by atoms with E-state index < -0.39 is 0 Å². The largest absolute Gasteiger partial charge is 0.367 e. The van der Waals surface area contributed by atoms with E-state index in [-0.39, 0.29) is 6.04 Å². The number of nitrogens with two attached hydrogens (primary N) is 1. The SMILES string of the molecule is CCC(N)c1c(C#N)cccc1N(CC)Cc1ccccc1. The summed E-state index contributed by atoms with van der Waals surface area (Å²) >= 11 is 0. The molecule has 0 saturated carbocycles. The van der Waals surface area contributed by atoms with Crippen LogP contribution in [-0.2, 0) is 6.54 Å². The minimum Gasteiger partial charge on any atom is -0.367 e. The molecule has 2 aromatic carbocycles. The molecular formula is C19H23N3. The molecule has 0 aliphatic rings. The average Bonchev–Trinajstić information content (AvgIpc) is 2.59. The molecule has 3 heteroatoms. The molecule has 22 heavy (non-hydrogen) atoms. The Morgan fingerprint density at radius 2 is 1.82 bits per heavy atom. The molecule has 1 atom stereocenters. The van der Waals surface area contributed by atoms with E-state index in [1.54, 1.807) is 0 Å². The van der Waals surface area contributed by atoms with Gasteiger partial charge in [-0.25, -0.2) is 0 Å². The van der Waals surface area contributed by atoms with Gasteiger partial charge in [-0.15, -0.1) is 0 Å². The van der Waals surface area contributed by atoms with Crippen molar-refractivity contribution in [3.05, 3.63) is 65.2 Å². The molecule has 0 heterocycles. The van der Waals surface area contributed by atoms with Crippen molar-refractivity contribution in [2.45, 2.75) is 32.9 Å². The van der Waals surface area contributed by atoms with Crippen molar-refractivity contribution in [3.8, 4) is 6.07 Å². The van der Waals surface area contributed by atoms with Gasteiger partial charge in [-0.2, -0.15) is 5.26 Å². The topological polar surface area (TPSA) is 53.1 Å². The van der Waals surface area contributed by atoms with Gasteiger partial charge in [-0.05, 0) is 31.0 Å². The number of nitriles is 1. The minimum absolute atomic E-state index is 0.115. The number of anilines is 1. The molecule has 2 N–H and O–H groups in total. The number of rotatable bonds is 6. The zero-order valence-electron chi connectivity index (χ0n) is 13.3. The molecule has 2 aromatic rings. The fourth-order valence-corrected chi connectivity index (χ4v) is 2.69. The lowest BCUT2D eigenvalue weighted by atomic mass is 9.96. The predicted molar refractivity (Wildman–Crippen MR) is 91.5 cm³/mol. The van der Waals surface area contributed by atoms with Crippen LogP contribution in [0.1, 0.15) is 43.0 Å². The Labute approximate surface area is 133 Å². The van der Waals surface area contributed by atoms with Gasteiger partial charge in [0, 0.05) is 30.4 Å². The summed E-state index contributed by atoms with van der Waals surface area (Å²) in [5.41, 5.74) is 10.2. The van der Waals surface area contributed by atoms with E-state index in [1.807, 2.05) is 30.3 Å². The highest BCUT2D eigenvalue weighted by Crippen LogP contribution is 2.31. The quantitative estimate of drug-likeness (QED) is 0.876. The van der Waals surface area contributed by atoms with Crippen molar-refractivity contribution in [1.82, 2.24) is 0 Å². The monoisotopic (exact) mass is 293 g/mol. The van der Waals surface area contributed by atoms with Crippen molar-refractivity contribution < 1.29 is 0 Å². The lowest BCUT2D eigenvalue weighted by molar-refractivity contribution is 0.688. The Balaban J connectivity index is 2.42. The maximum absolute atomic E-state index is 9.41. The highest BCUT2D eigenvalue weighted by Gasteiger charge is 2.18. The number of hydrogen-bond donors (Lipinski definition) is 1. The van der Waals surface area contributed by atoms with Crippen LogP contribution >= 0.6 is 0 Å². The number of hydrogen-bond acceptors (Lipinski definition) is 3. The third kappa shape index (κ3) is 3.47. The van der Waals surface area contributed by atoms with E-state index in [1.165, 1.54) is 5.56 Å². The first-order valence-corrected chi connectivity index (χ1v) is 7.78. The van der Waals surface area contributed by atoms with E-state index in [0.29, 0.717) is 5.56 Å². The molecule has 1 unspecified atom stereocenters. The third-order valence-corrected chi connectivity index (χ3v) is 3.95. The Bertz CT molecular complexity index is 643. The van der Waals surface area contributed by atoms with Crippen LogP contribution in [0.25, 0.3) is 0 Å². The molecule has 2 rings (SSSR count). The molecular weight excluding hydrogens is 270 g/mol. The lowest BCUT2D eigenvalue weighted by Gasteiger charge is -2.28. The summed E-state index contributed by atoms with van der Waals surface area (Å²) in [5.74, 6) is 0. The summed E-state index contributed by atoms with van der Waals surface area (Å²) in [6.07, 6.45) is 0.814. The molecule has 0 spiro atoms. The third-order valence-electron chi connectivity index (χ3n) is 3.95. The van der Waals surface area contributed by atoms with Crippen molar-refractivity contribution in [2.24, 2.45) is 5.73 Å². The van der Waals surface area contributed by atoms with Crippen molar-refractivity contribution in [3.63, 3.8) is 0 Å². The Morgan fingerprint density at radius 1 is 1.09 bits per heavy atom. The standard InChI is InChI=1S/C19H23N3/c1-3-17(21)19-16(13-20)11-8-12-18(19)22(4-2)14-15-9-6-5-7-10-15/h5-12,17H,3-4,14,21H2,1-2H3. The fraction of sp³-hybridized carbons (Fsp3) is 0.316. The van der Waals surface area contributed by atoms with Gasteiger partial charge in [0.2, 0.25) is 0 Å². The highest BCUT2D eigenvalue weighted by atomic mass is 15.1. The summed E-state index contributed by atoms with van der Waals surface area (Å²) in [6, 6.07) is 18.4. The molecule has 0 fully saturated rings. The number of nitrogens with zero attached hydrogens (tertiary/aromatic N) is 2. The normalized spacial score (nSPS) is 11.7. The Hall–Kier alpha value is -2.31. The maximum atomic E-state index is 9.41. The van der Waals surface area contributed by atoms with Crippen LogP contribution in [0.3, 0.4) is 0 Å². The molecule has 114 valence electrons. The van der Waals surface area contributed by atoms with Crippen molar-refractivity contribution in [2.75, 3.05) is 11.4 Å². The molecule has 0 radical (unpaired) electrons. The van der Waals surface area contributed by atoms with Gasteiger partial charge in [0.05, 0.1) is 11.6 Å². The summed E-state index contributed by atoms with van der Waals surface area (Å²) in [5, 5.41) is 9.41. The Kier molecular flexibility index (Phi) is 5.57. The summed E-state index contributed by atoms with van der Waals surface area (Å²) in [6.45, 7) is 5.86. The molecule has 0 bridgehead atoms. The fourth-order valence-electron chi connectivity index (χ4n) is 2.69. The van der Waals surface area contributed by atoms with Crippen LogP contribution < -0.4 is 10.6 Å². The second-order valence-electron chi connectivity index (χ2n) is 5.36. The van der Waals surface area contributed by atoms with Crippen LogP contribution in [0, 0.1) is 11.3 Å². The zero-order chi connectivity index (χ0) is 15.9. The Morgan fingerprint density at radius 3 is 2.41 bits per heavy atom. The highest BCUT2D eigenvalue weighted by molar-refractivity contribution is 5.61. The summed E-state index contributed by atoms with van der Waals surface area (Å²) in [7, 11) is 0. The summed E-state index contributed by atoms with van der Waals surface area (Å²) in [4.78, 5) is 2.28. The van der Waals surface area contributed by atoms with E-state index in [4.69, 9.17) is 5.73 Å². The van der Waals surface area contributed by atoms with Gasteiger partial charge in [0.25, 0.3) is 0 Å². The van der Waals surface area contributed by atoms with Gasteiger partial charge in [0.1, 0.15) is 0 Å². The molecule has 0 aliphatic carbocycles.